The summed E-state index contributed by atoms with van der Waals surface area (Å²) in [5.41, 5.74) is 2.49. The second kappa shape index (κ2) is 7.18. The normalized spacial score (nSPS) is 17.4. The number of benzene rings is 1. The fourth-order valence-corrected chi connectivity index (χ4v) is 3.75. The lowest BCUT2D eigenvalue weighted by Crippen LogP contribution is -2.50. The molecule has 3 rings (SSSR count). The Kier molecular flexibility index (Phi) is 5.00. The molecule has 0 spiro atoms. The Hall–Kier alpha value is -2.14. The number of carbonyl (C=O) groups is 2. The molecule has 126 valence electrons. The van der Waals surface area contributed by atoms with Crippen LogP contribution in [0.1, 0.15) is 47.1 Å². The number of hydrogen-bond donors (Lipinski definition) is 2. The zero-order chi connectivity index (χ0) is 17.1. The molecule has 0 fully saturated rings. The van der Waals surface area contributed by atoms with E-state index in [-0.39, 0.29) is 23.8 Å². The standard InChI is InChI=1S/C19H22N2O2S/c1-12(2)17(21-18(22)16-8-5-11-24-16)19(23)20-15-10-9-13-6-3-4-7-14(13)15/h3-8,11-12,15,17H,9-10H2,1-2H3,(H,20,23)(H,21,22). The van der Waals surface area contributed by atoms with Gasteiger partial charge < -0.3 is 10.6 Å². The van der Waals surface area contributed by atoms with E-state index in [1.807, 2.05) is 37.4 Å². The van der Waals surface area contributed by atoms with Crippen molar-refractivity contribution in [1.82, 2.24) is 10.6 Å². The Morgan fingerprint density at radius 2 is 1.96 bits per heavy atom. The summed E-state index contributed by atoms with van der Waals surface area (Å²) in [5.74, 6) is -0.284. The minimum atomic E-state index is -0.535. The van der Waals surface area contributed by atoms with Crippen LogP contribution in [0, 0.1) is 5.92 Å². The second-order valence-corrected chi connectivity index (χ2v) is 7.42. The molecule has 0 aliphatic heterocycles. The summed E-state index contributed by atoms with van der Waals surface area (Å²) in [6.07, 6.45) is 1.89. The Morgan fingerprint density at radius 3 is 2.67 bits per heavy atom. The SMILES string of the molecule is CC(C)C(NC(=O)c1cccs1)C(=O)NC1CCc2ccccc21. The van der Waals surface area contributed by atoms with E-state index in [1.54, 1.807) is 6.07 Å². The fraction of sp³-hybridized carbons (Fsp3) is 0.368. The molecule has 2 unspecified atom stereocenters. The van der Waals surface area contributed by atoms with Gasteiger partial charge in [-0.05, 0) is 41.3 Å². The highest BCUT2D eigenvalue weighted by Crippen LogP contribution is 2.30. The second-order valence-electron chi connectivity index (χ2n) is 6.47. The number of amides is 2. The van der Waals surface area contributed by atoms with Crippen LogP contribution in [0.25, 0.3) is 0 Å². The molecule has 2 atom stereocenters. The van der Waals surface area contributed by atoms with Gasteiger partial charge in [-0.25, -0.2) is 0 Å². The first-order chi connectivity index (χ1) is 11.6. The maximum absolute atomic E-state index is 12.7. The molecule has 4 nitrogen and oxygen atoms in total. The largest absolute Gasteiger partial charge is 0.347 e. The Balaban J connectivity index is 1.68. The first-order valence-electron chi connectivity index (χ1n) is 8.29. The van der Waals surface area contributed by atoms with Gasteiger partial charge in [-0.1, -0.05) is 44.2 Å². The van der Waals surface area contributed by atoms with Crippen LogP contribution in [-0.2, 0) is 11.2 Å². The molecule has 1 aromatic carbocycles. The minimum absolute atomic E-state index is 0.0190. The van der Waals surface area contributed by atoms with Gasteiger partial charge >= 0.3 is 0 Å². The van der Waals surface area contributed by atoms with E-state index in [2.05, 4.69) is 22.8 Å². The van der Waals surface area contributed by atoms with Gasteiger partial charge in [0.05, 0.1) is 10.9 Å². The average Bonchev–Trinajstić information content (AvgIpc) is 3.22. The molecular weight excluding hydrogens is 320 g/mol. The van der Waals surface area contributed by atoms with Gasteiger partial charge in [0.25, 0.3) is 5.91 Å². The quantitative estimate of drug-likeness (QED) is 0.876. The monoisotopic (exact) mass is 342 g/mol. The van der Waals surface area contributed by atoms with Crippen LogP contribution in [0.5, 0.6) is 0 Å². The van der Waals surface area contributed by atoms with Gasteiger partial charge in [0, 0.05) is 0 Å². The maximum Gasteiger partial charge on any atom is 0.262 e. The van der Waals surface area contributed by atoms with Crippen LogP contribution in [0.15, 0.2) is 41.8 Å². The lowest BCUT2D eigenvalue weighted by Gasteiger charge is -2.24. The number of thiophene rings is 1. The van der Waals surface area contributed by atoms with E-state index in [9.17, 15) is 9.59 Å². The zero-order valence-electron chi connectivity index (χ0n) is 13.9. The lowest BCUT2D eigenvalue weighted by molar-refractivity contribution is -0.124. The van der Waals surface area contributed by atoms with E-state index >= 15 is 0 Å². The van der Waals surface area contributed by atoms with Crippen molar-refractivity contribution in [1.29, 1.82) is 0 Å². The summed E-state index contributed by atoms with van der Waals surface area (Å²) in [4.78, 5) is 25.6. The molecule has 1 aliphatic rings. The zero-order valence-corrected chi connectivity index (χ0v) is 14.7. The van der Waals surface area contributed by atoms with Crippen LogP contribution in [0.4, 0.5) is 0 Å². The smallest absolute Gasteiger partial charge is 0.262 e. The molecule has 2 aromatic rings. The molecule has 1 aromatic heterocycles. The van der Waals surface area contributed by atoms with Crippen molar-refractivity contribution in [3.63, 3.8) is 0 Å². The van der Waals surface area contributed by atoms with E-state index in [4.69, 9.17) is 0 Å². The number of fused-ring (bicyclic) bond motifs is 1. The van der Waals surface area contributed by atoms with Crippen molar-refractivity contribution >= 4 is 23.2 Å². The number of rotatable bonds is 5. The molecule has 1 aliphatic carbocycles. The topological polar surface area (TPSA) is 58.2 Å². The predicted molar refractivity (Wildman–Crippen MR) is 96.1 cm³/mol. The highest BCUT2D eigenvalue weighted by molar-refractivity contribution is 7.12. The molecule has 2 amide bonds. The predicted octanol–water partition coefficient (Wildman–Crippen LogP) is 3.31. The average molecular weight is 342 g/mol. The van der Waals surface area contributed by atoms with Gasteiger partial charge in [-0.2, -0.15) is 0 Å². The molecule has 0 bridgehead atoms. The van der Waals surface area contributed by atoms with Crippen molar-refractivity contribution in [2.45, 2.75) is 38.8 Å². The van der Waals surface area contributed by atoms with Crippen molar-refractivity contribution < 1.29 is 9.59 Å². The summed E-state index contributed by atoms with van der Waals surface area (Å²) in [7, 11) is 0. The van der Waals surface area contributed by atoms with Gasteiger partial charge in [0.2, 0.25) is 5.91 Å². The third-order valence-corrected chi connectivity index (χ3v) is 5.30. The summed E-state index contributed by atoms with van der Waals surface area (Å²) in [6, 6.07) is 11.3. The minimum Gasteiger partial charge on any atom is -0.347 e. The summed E-state index contributed by atoms with van der Waals surface area (Å²) < 4.78 is 0. The number of carbonyl (C=O) groups excluding carboxylic acids is 2. The third-order valence-electron chi connectivity index (χ3n) is 4.43. The Labute approximate surface area is 146 Å². The van der Waals surface area contributed by atoms with Crippen molar-refractivity contribution in [2.75, 3.05) is 0 Å². The van der Waals surface area contributed by atoms with Crippen LogP contribution >= 0.6 is 11.3 Å². The molecule has 0 radical (unpaired) electrons. The maximum atomic E-state index is 12.7. The third kappa shape index (κ3) is 3.51. The van der Waals surface area contributed by atoms with E-state index in [1.165, 1.54) is 22.5 Å². The van der Waals surface area contributed by atoms with Gasteiger partial charge in [-0.3, -0.25) is 9.59 Å². The number of aryl methyl sites for hydroxylation is 1. The molecule has 0 saturated carbocycles. The Bertz CT molecular complexity index is 725. The molecule has 2 N–H and O–H groups in total. The molecular formula is C19H22N2O2S. The van der Waals surface area contributed by atoms with Crippen LogP contribution in [0.3, 0.4) is 0 Å². The van der Waals surface area contributed by atoms with Gasteiger partial charge in [0.15, 0.2) is 0 Å². The van der Waals surface area contributed by atoms with Crippen molar-refractivity contribution in [3.8, 4) is 0 Å². The lowest BCUT2D eigenvalue weighted by atomic mass is 10.0. The fourth-order valence-electron chi connectivity index (χ4n) is 3.12. The van der Waals surface area contributed by atoms with E-state index < -0.39 is 6.04 Å². The molecule has 5 heteroatoms. The number of nitrogens with one attached hydrogen (secondary N) is 2. The van der Waals surface area contributed by atoms with Crippen molar-refractivity contribution in [3.05, 3.63) is 57.8 Å². The van der Waals surface area contributed by atoms with E-state index in [0.29, 0.717) is 4.88 Å². The summed E-state index contributed by atoms with van der Waals surface area (Å²) >= 11 is 1.38. The van der Waals surface area contributed by atoms with Gasteiger partial charge in [0.1, 0.15) is 6.04 Å². The highest BCUT2D eigenvalue weighted by atomic mass is 32.1. The summed E-state index contributed by atoms with van der Waals surface area (Å²) in [6.45, 7) is 3.89. The van der Waals surface area contributed by atoms with Gasteiger partial charge in [-0.15, -0.1) is 11.3 Å². The van der Waals surface area contributed by atoms with E-state index in [0.717, 1.165) is 12.8 Å². The van der Waals surface area contributed by atoms with Crippen molar-refractivity contribution in [2.24, 2.45) is 5.92 Å². The summed E-state index contributed by atoms with van der Waals surface area (Å²) in [5, 5.41) is 7.85. The van der Waals surface area contributed by atoms with Crippen LogP contribution in [-0.4, -0.2) is 17.9 Å². The van der Waals surface area contributed by atoms with Crippen LogP contribution in [0.2, 0.25) is 0 Å². The Morgan fingerprint density at radius 1 is 1.17 bits per heavy atom. The van der Waals surface area contributed by atoms with Crippen LogP contribution < -0.4 is 10.6 Å². The molecule has 0 saturated heterocycles. The molecule has 1 heterocycles. The highest BCUT2D eigenvalue weighted by Gasteiger charge is 2.29. The number of hydrogen-bond acceptors (Lipinski definition) is 3. The first kappa shape index (κ1) is 16.7. The molecule has 24 heavy (non-hydrogen) atoms. The first-order valence-corrected chi connectivity index (χ1v) is 9.16.